The van der Waals surface area contributed by atoms with Crippen LogP contribution in [0, 0.1) is 5.92 Å². The first-order chi connectivity index (χ1) is 13.1. The second kappa shape index (κ2) is 14.0. The molecule has 1 unspecified atom stereocenters. The number of halogens is 1. The minimum Gasteiger partial charge on any atom is -0.496 e. The summed E-state index contributed by atoms with van der Waals surface area (Å²) in [4.78, 5) is 6.92. The molecule has 6 nitrogen and oxygen atoms in total. The van der Waals surface area contributed by atoms with Crippen LogP contribution in [0.4, 0.5) is 0 Å². The van der Waals surface area contributed by atoms with Crippen molar-refractivity contribution in [2.24, 2.45) is 10.9 Å². The minimum absolute atomic E-state index is 0. The van der Waals surface area contributed by atoms with Gasteiger partial charge in [0.05, 0.1) is 20.3 Å². The summed E-state index contributed by atoms with van der Waals surface area (Å²) in [6, 6.07) is 8.65. The van der Waals surface area contributed by atoms with Gasteiger partial charge in [-0.1, -0.05) is 32.0 Å². The van der Waals surface area contributed by atoms with Crippen molar-refractivity contribution in [2.75, 3.05) is 53.6 Å². The average molecular weight is 504 g/mol. The van der Waals surface area contributed by atoms with E-state index in [4.69, 9.17) is 9.47 Å². The van der Waals surface area contributed by atoms with E-state index in [1.807, 2.05) is 25.2 Å². The third-order valence-corrected chi connectivity index (χ3v) is 4.91. The monoisotopic (exact) mass is 504 g/mol. The van der Waals surface area contributed by atoms with Crippen molar-refractivity contribution in [1.29, 1.82) is 0 Å². The lowest BCUT2D eigenvalue weighted by Crippen LogP contribution is -2.51. The highest BCUT2D eigenvalue weighted by Gasteiger charge is 2.22. The van der Waals surface area contributed by atoms with E-state index in [1.54, 1.807) is 7.11 Å². The average Bonchev–Trinajstić information content (AvgIpc) is 2.70. The Labute approximate surface area is 187 Å². The summed E-state index contributed by atoms with van der Waals surface area (Å²) in [5, 5.41) is 6.93. The molecule has 160 valence electrons. The molecule has 0 radical (unpaired) electrons. The Balaban J connectivity index is 0.00000392. The predicted molar refractivity (Wildman–Crippen MR) is 127 cm³/mol. The zero-order chi connectivity index (χ0) is 19.5. The fourth-order valence-electron chi connectivity index (χ4n) is 3.51. The Bertz CT molecular complexity index is 577. The van der Waals surface area contributed by atoms with E-state index < -0.39 is 0 Å². The maximum atomic E-state index is 5.51. The first-order valence-electron chi connectivity index (χ1n) is 10.0. The van der Waals surface area contributed by atoms with Gasteiger partial charge in [0.15, 0.2) is 5.96 Å². The maximum absolute atomic E-state index is 5.51. The van der Waals surface area contributed by atoms with Crippen LogP contribution in [-0.2, 0) is 11.2 Å². The first kappa shape index (κ1) is 25.0. The summed E-state index contributed by atoms with van der Waals surface area (Å²) >= 11 is 0. The number of nitrogens with one attached hydrogen (secondary N) is 2. The summed E-state index contributed by atoms with van der Waals surface area (Å²) in [5.74, 6) is 2.46. The SMILES string of the molecule is CN=C(NCCc1ccccc1OC)NCC(CC(C)C)N1CCOCC1.I. The molecule has 1 heterocycles. The summed E-state index contributed by atoms with van der Waals surface area (Å²) in [5.41, 5.74) is 1.20. The Morgan fingerprint density at radius 2 is 1.93 bits per heavy atom. The standard InChI is InChI=1S/C21H36N4O2.HI/c1-17(2)15-19(25-11-13-27-14-12-25)16-24-21(22-3)23-10-9-18-7-5-6-8-20(18)26-4;/h5-8,17,19H,9-16H2,1-4H3,(H2,22,23,24);1H. The molecule has 1 aliphatic heterocycles. The second-order valence-corrected chi connectivity index (χ2v) is 7.37. The van der Waals surface area contributed by atoms with E-state index in [2.05, 4.69) is 40.4 Å². The molecule has 1 aliphatic rings. The van der Waals surface area contributed by atoms with Crippen molar-refractivity contribution in [2.45, 2.75) is 32.7 Å². The normalized spacial score (nSPS) is 16.4. The fraction of sp³-hybridized carbons (Fsp3) is 0.667. The Kier molecular flexibility index (Phi) is 12.5. The van der Waals surface area contributed by atoms with E-state index in [-0.39, 0.29) is 24.0 Å². The number of guanidine groups is 1. The third kappa shape index (κ3) is 8.53. The Morgan fingerprint density at radius 1 is 1.21 bits per heavy atom. The van der Waals surface area contributed by atoms with Gasteiger partial charge in [-0.25, -0.2) is 0 Å². The smallest absolute Gasteiger partial charge is 0.191 e. The molecule has 0 saturated carbocycles. The summed E-state index contributed by atoms with van der Waals surface area (Å²) in [6.07, 6.45) is 2.06. The number of ether oxygens (including phenoxy) is 2. The number of aliphatic imine (C=N–C) groups is 1. The lowest BCUT2D eigenvalue weighted by atomic mass is 10.0. The predicted octanol–water partition coefficient (Wildman–Crippen LogP) is 2.77. The van der Waals surface area contributed by atoms with Crippen LogP contribution in [0.5, 0.6) is 5.75 Å². The van der Waals surface area contributed by atoms with Crippen LogP contribution in [0.25, 0.3) is 0 Å². The van der Waals surface area contributed by atoms with Crippen LogP contribution < -0.4 is 15.4 Å². The lowest BCUT2D eigenvalue weighted by molar-refractivity contribution is 0.0132. The van der Waals surface area contributed by atoms with Crippen LogP contribution in [0.3, 0.4) is 0 Å². The van der Waals surface area contributed by atoms with Gasteiger partial charge in [-0.15, -0.1) is 24.0 Å². The van der Waals surface area contributed by atoms with Crippen LogP contribution >= 0.6 is 24.0 Å². The highest BCUT2D eigenvalue weighted by molar-refractivity contribution is 14.0. The molecule has 2 rings (SSSR count). The molecule has 1 aromatic rings. The van der Waals surface area contributed by atoms with Gasteiger partial charge in [-0.2, -0.15) is 0 Å². The largest absolute Gasteiger partial charge is 0.496 e. The number of benzene rings is 1. The molecular weight excluding hydrogens is 467 g/mol. The van der Waals surface area contributed by atoms with Gasteiger partial charge < -0.3 is 20.1 Å². The highest BCUT2D eigenvalue weighted by atomic mass is 127. The van der Waals surface area contributed by atoms with Crippen LogP contribution in [0.15, 0.2) is 29.3 Å². The molecule has 0 aliphatic carbocycles. The summed E-state index contributed by atoms with van der Waals surface area (Å²) in [6.45, 7) is 9.97. The van der Waals surface area contributed by atoms with Gasteiger partial charge >= 0.3 is 0 Å². The van der Waals surface area contributed by atoms with Gasteiger partial charge in [0, 0.05) is 39.3 Å². The molecule has 0 aromatic heterocycles. The number of hydrogen-bond acceptors (Lipinski definition) is 4. The Hall–Kier alpha value is -1.06. The molecular formula is C21H37IN4O2. The van der Waals surface area contributed by atoms with Gasteiger partial charge in [0.2, 0.25) is 0 Å². The minimum atomic E-state index is 0. The molecule has 0 bridgehead atoms. The topological polar surface area (TPSA) is 58.1 Å². The molecule has 0 amide bonds. The Morgan fingerprint density at radius 3 is 2.57 bits per heavy atom. The molecule has 1 fully saturated rings. The van der Waals surface area contributed by atoms with Crippen molar-refractivity contribution < 1.29 is 9.47 Å². The summed E-state index contributed by atoms with van der Waals surface area (Å²) < 4.78 is 10.9. The van der Waals surface area contributed by atoms with E-state index >= 15 is 0 Å². The molecule has 0 spiro atoms. The number of para-hydroxylation sites is 1. The second-order valence-electron chi connectivity index (χ2n) is 7.37. The van der Waals surface area contributed by atoms with E-state index in [0.717, 1.165) is 57.5 Å². The maximum Gasteiger partial charge on any atom is 0.191 e. The highest BCUT2D eigenvalue weighted by Crippen LogP contribution is 2.17. The summed E-state index contributed by atoms with van der Waals surface area (Å²) in [7, 11) is 3.54. The zero-order valence-electron chi connectivity index (χ0n) is 17.7. The first-order valence-corrected chi connectivity index (χ1v) is 10.0. The number of hydrogen-bond donors (Lipinski definition) is 2. The van der Waals surface area contributed by atoms with Crippen molar-refractivity contribution in [3.05, 3.63) is 29.8 Å². The molecule has 1 atom stereocenters. The molecule has 7 heteroatoms. The molecule has 2 N–H and O–H groups in total. The fourth-order valence-corrected chi connectivity index (χ4v) is 3.51. The van der Waals surface area contributed by atoms with Crippen LogP contribution in [0.1, 0.15) is 25.8 Å². The number of nitrogens with zero attached hydrogens (tertiary/aromatic N) is 2. The number of rotatable bonds is 9. The quantitative estimate of drug-likeness (QED) is 0.308. The van der Waals surface area contributed by atoms with Crippen molar-refractivity contribution >= 4 is 29.9 Å². The van der Waals surface area contributed by atoms with Crippen LogP contribution in [-0.4, -0.2) is 70.5 Å². The van der Waals surface area contributed by atoms with Gasteiger partial charge in [-0.05, 0) is 30.4 Å². The molecule has 1 aromatic carbocycles. The molecule has 1 saturated heterocycles. The number of morpholine rings is 1. The van der Waals surface area contributed by atoms with Gasteiger partial charge in [0.25, 0.3) is 0 Å². The van der Waals surface area contributed by atoms with E-state index in [1.165, 1.54) is 12.0 Å². The third-order valence-electron chi connectivity index (χ3n) is 4.91. The van der Waals surface area contributed by atoms with Crippen molar-refractivity contribution in [1.82, 2.24) is 15.5 Å². The van der Waals surface area contributed by atoms with Crippen LogP contribution in [0.2, 0.25) is 0 Å². The van der Waals surface area contributed by atoms with Crippen molar-refractivity contribution in [3.63, 3.8) is 0 Å². The van der Waals surface area contributed by atoms with E-state index in [0.29, 0.717) is 12.0 Å². The van der Waals surface area contributed by atoms with Gasteiger partial charge in [-0.3, -0.25) is 9.89 Å². The lowest BCUT2D eigenvalue weighted by Gasteiger charge is -2.35. The van der Waals surface area contributed by atoms with E-state index in [9.17, 15) is 0 Å². The number of methoxy groups -OCH3 is 1. The molecule has 28 heavy (non-hydrogen) atoms. The van der Waals surface area contributed by atoms with Crippen molar-refractivity contribution in [3.8, 4) is 5.75 Å². The van der Waals surface area contributed by atoms with Gasteiger partial charge in [0.1, 0.15) is 5.75 Å². The zero-order valence-corrected chi connectivity index (χ0v) is 20.1.